The number of ether oxygens (including phenoxy) is 2. The molecule has 1 aliphatic rings. The normalized spacial score (nSPS) is 25.7. The van der Waals surface area contributed by atoms with Gasteiger partial charge in [-0.2, -0.15) is 0 Å². The molecule has 33 heavy (non-hydrogen) atoms. The molecule has 0 aromatic heterocycles. The van der Waals surface area contributed by atoms with Gasteiger partial charge in [-0.05, 0) is 41.3 Å². The van der Waals surface area contributed by atoms with Crippen molar-refractivity contribution in [2.75, 3.05) is 33.1 Å². The molecule has 1 fully saturated rings. The van der Waals surface area contributed by atoms with Gasteiger partial charge in [0.05, 0.1) is 6.61 Å². The maximum atomic E-state index is 11.6. The molecule has 1 aliphatic heterocycles. The van der Waals surface area contributed by atoms with E-state index < -0.39 is 44.4 Å². The van der Waals surface area contributed by atoms with Crippen LogP contribution in [-0.4, -0.2) is 77.9 Å². The van der Waals surface area contributed by atoms with E-state index in [1.165, 1.54) is 0 Å². The third kappa shape index (κ3) is 7.01. The van der Waals surface area contributed by atoms with Crippen LogP contribution in [0.5, 0.6) is 5.75 Å². The minimum Gasteiger partial charge on any atom is -0.492 e. The number of hydrogen-bond acceptors (Lipinski definition) is 7. The van der Waals surface area contributed by atoms with Crippen molar-refractivity contribution in [2.24, 2.45) is 0 Å². The van der Waals surface area contributed by atoms with Crippen LogP contribution in [0.3, 0.4) is 0 Å². The molecule has 5 atom stereocenters. The highest BCUT2D eigenvalue weighted by molar-refractivity contribution is 7.60. The Morgan fingerprint density at radius 1 is 1.06 bits per heavy atom. The largest absolute Gasteiger partial charge is 0.492 e. The van der Waals surface area contributed by atoms with Gasteiger partial charge in [-0.1, -0.05) is 35.9 Å². The summed E-state index contributed by atoms with van der Waals surface area (Å²) in [6.45, 7) is 3.74. The molecule has 2 aromatic rings. The van der Waals surface area contributed by atoms with Crippen molar-refractivity contribution in [2.45, 2.75) is 36.9 Å². The highest BCUT2D eigenvalue weighted by Crippen LogP contribution is 2.34. The van der Waals surface area contributed by atoms with E-state index in [9.17, 15) is 25.0 Å². The van der Waals surface area contributed by atoms with E-state index in [0.717, 1.165) is 11.1 Å². The van der Waals surface area contributed by atoms with Gasteiger partial charge in [0.15, 0.2) is 0 Å². The van der Waals surface area contributed by atoms with Crippen molar-refractivity contribution in [3.8, 4) is 5.75 Å². The highest BCUT2D eigenvalue weighted by atomic mass is 35.5. The number of rotatable bonds is 9. The number of hydrogen-bond donors (Lipinski definition) is 5. The summed E-state index contributed by atoms with van der Waals surface area (Å²) in [5.41, 5.74) is 2.37. The highest BCUT2D eigenvalue weighted by Gasteiger charge is 2.44. The third-order valence-electron chi connectivity index (χ3n) is 5.47. The van der Waals surface area contributed by atoms with Gasteiger partial charge in [-0.15, -0.1) is 0 Å². The molecule has 0 saturated carbocycles. The van der Waals surface area contributed by atoms with Gasteiger partial charge < -0.3 is 34.5 Å². The third-order valence-corrected chi connectivity index (χ3v) is 6.83. The predicted octanol–water partition coefficient (Wildman–Crippen LogP) is 1.95. The van der Waals surface area contributed by atoms with Gasteiger partial charge >= 0.3 is 0 Å². The molecule has 2 aromatic carbocycles. The summed E-state index contributed by atoms with van der Waals surface area (Å²) in [4.78, 5) is 0. The maximum absolute atomic E-state index is 11.6. The molecule has 0 aliphatic carbocycles. The van der Waals surface area contributed by atoms with Crippen LogP contribution >= 0.6 is 18.9 Å². The second-order valence-electron chi connectivity index (χ2n) is 8.53. The second kappa shape index (κ2) is 11.3. The lowest BCUT2D eigenvalue weighted by Gasteiger charge is -2.40. The molecule has 10 heteroatoms. The fraction of sp³-hybridized carbons (Fsp3) is 0.478. The van der Waals surface area contributed by atoms with E-state index >= 15 is 0 Å². The molecule has 5 N–H and O–H groups in total. The van der Waals surface area contributed by atoms with Crippen molar-refractivity contribution in [3.05, 3.63) is 64.2 Å². The molecule has 1 heterocycles. The molecule has 0 amide bonds. The zero-order chi connectivity index (χ0) is 24.2. The molecule has 182 valence electrons. The first kappa shape index (κ1) is 26.1. The van der Waals surface area contributed by atoms with Crippen molar-refractivity contribution >= 4 is 18.9 Å². The summed E-state index contributed by atoms with van der Waals surface area (Å²) < 4.78 is 23.0. The van der Waals surface area contributed by atoms with Crippen LogP contribution in [0.15, 0.2) is 42.5 Å². The number of benzene rings is 2. The zero-order valence-corrected chi connectivity index (χ0v) is 20.2. The van der Waals surface area contributed by atoms with E-state index in [0.29, 0.717) is 35.9 Å². The Balaban J connectivity index is 1.67. The summed E-state index contributed by atoms with van der Waals surface area (Å²) in [6.07, 6.45) is -5.57. The first-order valence-electron chi connectivity index (χ1n) is 10.7. The van der Waals surface area contributed by atoms with Crippen LogP contribution in [0.25, 0.3) is 0 Å². The number of halogens is 1. The van der Waals surface area contributed by atoms with Crippen LogP contribution < -0.4 is 9.82 Å². The van der Waals surface area contributed by atoms with Crippen molar-refractivity contribution in [1.29, 1.82) is 0 Å². The smallest absolute Gasteiger partial charge is 0.142 e. The van der Waals surface area contributed by atoms with Gasteiger partial charge in [0, 0.05) is 24.9 Å². The summed E-state index contributed by atoms with van der Waals surface area (Å²) in [6, 6.07) is 12.7. The average molecular weight is 500 g/mol. The topological polar surface area (TPSA) is 128 Å². The molecule has 0 unspecified atom stereocenters. The van der Waals surface area contributed by atoms with Crippen molar-refractivity contribution in [3.63, 3.8) is 0 Å². The first-order chi connectivity index (χ1) is 15.6. The van der Waals surface area contributed by atoms with E-state index in [4.69, 9.17) is 21.1 Å². The SMILES string of the molecule is CP(C)(=O)NCCOc1ccc(Cc2cc([C@@H]3O[C@H](CO)[C@@H](O)[C@H](O)[C@H]3O)ccc2Cl)cc1. The Bertz CT molecular complexity index is 966. The molecule has 8 nitrogen and oxygen atoms in total. The lowest BCUT2D eigenvalue weighted by atomic mass is 9.90. The molecular weight excluding hydrogens is 469 g/mol. The molecule has 3 rings (SSSR count). The standard InChI is InChI=1S/C23H31ClNO7P/c1-33(2,30)25-9-10-31-17-6-3-14(4-7-17)11-16-12-15(5-8-18(16)24)23-22(29)21(28)20(27)19(13-26)32-23/h3-8,12,19-23,26-29H,9-11,13H2,1-2H3,(H,25,30)/t19-,20-,21+,22-,23+/m1/s1. The predicted molar refractivity (Wildman–Crippen MR) is 126 cm³/mol. The van der Waals surface area contributed by atoms with E-state index in [1.54, 1.807) is 31.5 Å². The Hall–Kier alpha value is -1.48. The maximum Gasteiger partial charge on any atom is 0.142 e. The first-order valence-corrected chi connectivity index (χ1v) is 13.7. The molecular formula is C23H31ClNO7P. The Labute approximate surface area is 198 Å². The summed E-state index contributed by atoms with van der Waals surface area (Å²) in [5.74, 6) is 0.698. The van der Waals surface area contributed by atoms with Crippen LogP contribution in [0.2, 0.25) is 5.02 Å². The number of aliphatic hydroxyl groups excluding tert-OH is 4. The summed E-state index contributed by atoms with van der Waals surface area (Å²) in [7, 11) is -2.27. The van der Waals surface area contributed by atoms with Gasteiger partial charge in [-0.3, -0.25) is 5.09 Å². The minimum absolute atomic E-state index is 0.401. The van der Waals surface area contributed by atoms with E-state index in [2.05, 4.69) is 5.09 Å². The molecule has 0 bridgehead atoms. The fourth-order valence-corrected chi connectivity index (χ4v) is 4.51. The minimum atomic E-state index is -2.27. The summed E-state index contributed by atoms with van der Waals surface area (Å²) in [5, 5.41) is 43.4. The lowest BCUT2D eigenvalue weighted by Crippen LogP contribution is -2.55. The van der Waals surface area contributed by atoms with Crippen LogP contribution in [0.4, 0.5) is 0 Å². The Kier molecular flexibility index (Phi) is 8.95. The Morgan fingerprint density at radius 2 is 1.76 bits per heavy atom. The second-order valence-corrected chi connectivity index (χ2v) is 12.0. The van der Waals surface area contributed by atoms with Gasteiger partial charge in [-0.25, -0.2) is 0 Å². The van der Waals surface area contributed by atoms with Gasteiger partial charge in [0.1, 0.15) is 50.2 Å². The fourth-order valence-electron chi connectivity index (χ4n) is 3.69. The van der Waals surface area contributed by atoms with Crippen LogP contribution in [-0.2, 0) is 15.7 Å². The monoisotopic (exact) mass is 499 g/mol. The average Bonchev–Trinajstić information content (AvgIpc) is 2.77. The molecule has 1 saturated heterocycles. The zero-order valence-electron chi connectivity index (χ0n) is 18.6. The van der Waals surface area contributed by atoms with E-state index in [-0.39, 0.29) is 0 Å². The molecule has 0 spiro atoms. The number of aliphatic hydroxyl groups is 4. The Morgan fingerprint density at radius 3 is 2.39 bits per heavy atom. The van der Waals surface area contributed by atoms with Gasteiger partial charge in [0.2, 0.25) is 0 Å². The van der Waals surface area contributed by atoms with Crippen LogP contribution in [0, 0.1) is 0 Å². The quantitative estimate of drug-likeness (QED) is 0.261. The lowest BCUT2D eigenvalue weighted by molar-refractivity contribution is -0.231. The van der Waals surface area contributed by atoms with Crippen molar-refractivity contribution < 1.29 is 34.5 Å². The van der Waals surface area contributed by atoms with E-state index in [1.807, 2.05) is 24.3 Å². The molecule has 0 radical (unpaired) electrons. The van der Waals surface area contributed by atoms with Crippen molar-refractivity contribution in [1.82, 2.24) is 5.09 Å². The number of nitrogens with one attached hydrogen (secondary N) is 1. The van der Waals surface area contributed by atoms with Crippen LogP contribution in [0.1, 0.15) is 22.8 Å². The van der Waals surface area contributed by atoms with Gasteiger partial charge in [0.25, 0.3) is 0 Å². The summed E-state index contributed by atoms with van der Waals surface area (Å²) >= 11 is 6.39.